The van der Waals surface area contributed by atoms with E-state index in [2.05, 4.69) is 0 Å². The van der Waals surface area contributed by atoms with Crippen molar-refractivity contribution in [2.45, 2.75) is 0 Å². The quantitative estimate of drug-likeness (QED) is 0.101. The van der Waals surface area contributed by atoms with Gasteiger partial charge < -0.3 is 18.3 Å². The zero-order valence-electron chi connectivity index (χ0n) is 75.8. The van der Waals surface area contributed by atoms with Gasteiger partial charge in [-0.15, -0.1) is 0 Å². The third-order valence-electron chi connectivity index (χ3n) is 15.2. The van der Waals surface area contributed by atoms with Crippen molar-refractivity contribution in [2.24, 2.45) is 0 Å². The molecule has 83 heavy (non-hydrogen) atoms. The molecule has 0 aliphatic heterocycles. The molecular formula is C78H52N4Si. The van der Waals surface area contributed by atoms with E-state index >= 15 is 0 Å². The standard InChI is InChI=1S/C78H52N4Si/c1-4-22-59(23-5-1)83(60-24-6-2-7-25-60,61-26-8-3-9-27-61)62-44-40-53(41-45-62)54-48-57(81-76-39-21-15-33-68(76)70-51-55(43-47-77(70)81)79-71-34-16-10-28-63(71)64-29-11-17-35-72(64)79)50-58(49-54)82-75-38-20-14-32-67(75)69-46-42-56(52-78(69)82)80-73-36-18-12-30-65(73)66-31-13-19-37-74(66)80/h1-52H/i10D,11D,12D,13D,14D,15D,16D,17D,18D,19D,20D,21D,28D,29D,30D,31D,32D,33D,34D,35D,36D,37D,38D,39D,42D,43D,46D,47D,48D,49D,50D,51D,52D. The Labute approximate surface area is 527 Å². The van der Waals surface area contributed by atoms with E-state index in [0.717, 1.165) is 33.8 Å². The van der Waals surface area contributed by atoms with Crippen LogP contribution in [0.15, 0.2) is 315 Å². The number of nitrogens with zero attached hydrogens (tertiary/aromatic N) is 4. The van der Waals surface area contributed by atoms with Gasteiger partial charge in [-0.3, -0.25) is 0 Å². The molecule has 0 fully saturated rings. The maximum absolute atomic E-state index is 11.0. The number of hydrogen-bond acceptors (Lipinski definition) is 0. The summed E-state index contributed by atoms with van der Waals surface area (Å²) >= 11 is 0. The molecule has 388 valence electrons. The van der Waals surface area contributed by atoms with Crippen LogP contribution in [0.5, 0.6) is 0 Å². The predicted molar refractivity (Wildman–Crippen MR) is 353 cm³/mol. The summed E-state index contributed by atoms with van der Waals surface area (Å²) in [6.07, 6.45) is 0. The van der Waals surface area contributed by atoms with Crippen LogP contribution in [0.1, 0.15) is 45.2 Å². The van der Waals surface area contributed by atoms with Crippen LogP contribution in [0.25, 0.3) is 121 Å². The monoisotopic (exact) mass is 1110 g/mol. The van der Waals surface area contributed by atoms with Crippen LogP contribution in [0, 0.1) is 0 Å². The average Bonchev–Trinajstić information content (AvgIpc) is 1.51. The van der Waals surface area contributed by atoms with Crippen molar-refractivity contribution >= 4 is 116 Å². The molecule has 0 N–H and O–H groups in total. The molecule has 0 unspecified atom stereocenters. The first-order valence-electron chi connectivity index (χ1n) is 42.5. The number of hydrogen-bond donors (Lipinski definition) is 0. The van der Waals surface area contributed by atoms with Crippen LogP contribution < -0.4 is 20.7 Å². The second-order valence-corrected chi connectivity index (χ2v) is 23.3. The van der Waals surface area contributed by atoms with Gasteiger partial charge in [0.05, 0.1) is 89.4 Å². The van der Waals surface area contributed by atoms with E-state index in [1.165, 1.54) is 0 Å². The Morgan fingerprint density at radius 2 is 0.530 bits per heavy atom. The van der Waals surface area contributed by atoms with Gasteiger partial charge in [0.15, 0.2) is 8.07 Å². The lowest BCUT2D eigenvalue weighted by Crippen LogP contribution is -2.74. The zero-order chi connectivity index (χ0) is 83.3. The third-order valence-corrected chi connectivity index (χ3v) is 20.0. The fraction of sp³-hybridized carbons (Fsp3) is 0. The van der Waals surface area contributed by atoms with Crippen molar-refractivity contribution in [1.29, 1.82) is 0 Å². The van der Waals surface area contributed by atoms with Gasteiger partial charge in [-0.25, -0.2) is 0 Å². The molecular weight excluding hydrogens is 1020 g/mol. The van der Waals surface area contributed by atoms with Crippen LogP contribution >= 0.6 is 0 Å². The average molecular weight is 1110 g/mol. The summed E-state index contributed by atoms with van der Waals surface area (Å²) in [5.74, 6) is 0. The molecule has 0 aliphatic rings. The molecule has 0 radical (unpaired) electrons. The first kappa shape index (κ1) is 25.0. The molecule has 0 saturated carbocycles. The Morgan fingerprint density at radius 3 is 0.952 bits per heavy atom. The van der Waals surface area contributed by atoms with E-state index in [0.29, 0.717) is 5.19 Å². The molecule has 4 heterocycles. The summed E-state index contributed by atoms with van der Waals surface area (Å²) in [5, 5.41) is -1.30. The van der Waals surface area contributed by atoms with Crippen LogP contribution in [0.4, 0.5) is 0 Å². The largest absolute Gasteiger partial charge is 0.309 e. The SMILES string of the molecule is [2H]c1c(-c2ccc([Si](c3ccccc3)(c3ccccc3)c3ccccc3)cc2)c([2H])c(-n2c3c([2H])c([2H])c([2H])c([2H])c3c3c([2H])c([2H])c(-n4c5c([2H])c([2H])c([2H])c([2H])c5c5c([2H])c([2H])c([2H])c([2H])c54)c([2H])c32)c([2H])c1-n1c2c([2H])c([2H])c([2H])c([2H])c2c2c([2H])c(-n3c4c([2H])c([2H])c([2H])c([2H])c4c4c([2H])c([2H])c([2H])c([2H])c43)c([2H])c([2H])c21. The molecule has 4 aromatic heterocycles. The highest BCUT2D eigenvalue weighted by molar-refractivity contribution is 7.19. The summed E-state index contributed by atoms with van der Waals surface area (Å²) in [6.45, 7) is 0. The normalized spacial score (nSPS) is 17.7. The smallest absolute Gasteiger partial charge is 0.179 e. The lowest BCUT2D eigenvalue weighted by Gasteiger charge is -2.34. The minimum atomic E-state index is -3.48. The van der Waals surface area contributed by atoms with E-state index in [1.807, 2.05) is 91.0 Å². The molecule has 0 amide bonds. The van der Waals surface area contributed by atoms with E-state index in [1.54, 1.807) is 24.3 Å². The lowest BCUT2D eigenvalue weighted by molar-refractivity contribution is 1.13. The van der Waals surface area contributed by atoms with Crippen LogP contribution in [0.3, 0.4) is 0 Å². The number of fused-ring (bicyclic) bond motifs is 12. The molecule has 0 saturated heterocycles. The topological polar surface area (TPSA) is 19.7 Å². The molecule has 17 rings (SSSR count). The fourth-order valence-corrected chi connectivity index (χ4v) is 16.5. The lowest BCUT2D eigenvalue weighted by atomic mass is 10.0. The molecule has 5 heteroatoms. The maximum Gasteiger partial charge on any atom is 0.179 e. The van der Waals surface area contributed by atoms with Gasteiger partial charge in [0, 0.05) is 65.8 Å². The molecule has 4 nitrogen and oxygen atoms in total. The summed E-state index contributed by atoms with van der Waals surface area (Å²) in [6, 6.07) is 4.63. The number of benzene rings is 13. The fourth-order valence-electron chi connectivity index (χ4n) is 11.7. The molecule has 17 aromatic rings. The van der Waals surface area contributed by atoms with Crippen molar-refractivity contribution in [3.8, 4) is 33.9 Å². The van der Waals surface area contributed by atoms with Gasteiger partial charge in [-0.2, -0.15) is 0 Å². The van der Waals surface area contributed by atoms with Gasteiger partial charge in [0.25, 0.3) is 0 Å². The van der Waals surface area contributed by atoms with Crippen LogP contribution in [-0.2, 0) is 0 Å². The van der Waals surface area contributed by atoms with Crippen molar-refractivity contribution in [3.05, 3.63) is 315 Å². The first-order chi connectivity index (χ1) is 55.0. The van der Waals surface area contributed by atoms with Crippen LogP contribution in [-0.4, -0.2) is 26.3 Å². The number of rotatable bonds is 9. The Balaban J connectivity index is 1.10. The van der Waals surface area contributed by atoms with Crippen molar-refractivity contribution in [3.63, 3.8) is 0 Å². The predicted octanol–water partition coefficient (Wildman–Crippen LogP) is 17.1. The molecule has 0 atom stereocenters. The Morgan fingerprint density at radius 1 is 0.217 bits per heavy atom. The molecule has 0 aliphatic carbocycles. The van der Waals surface area contributed by atoms with Gasteiger partial charge in [0.1, 0.15) is 0 Å². The highest BCUT2D eigenvalue weighted by Gasteiger charge is 2.41. The van der Waals surface area contributed by atoms with E-state index < -0.39 is 323 Å². The zero-order valence-corrected chi connectivity index (χ0v) is 43.8. The maximum atomic E-state index is 11.0. The Kier molecular flexibility index (Phi) is 5.62. The van der Waals surface area contributed by atoms with Gasteiger partial charge in [-0.05, 0) is 116 Å². The summed E-state index contributed by atoms with van der Waals surface area (Å²) < 4.78 is 320. The third kappa shape index (κ3) is 7.11. The van der Waals surface area contributed by atoms with E-state index in [9.17, 15) is 32.9 Å². The molecule has 13 aromatic carbocycles. The summed E-state index contributed by atoms with van der Waals surface area (Å²) in [4.78, 5) is 0. The van der Waals surface area contributed by atoms with Gasteiger partial charge >= 0.3 is 0 Å². The van der Waals surface area contributed by atoms with E-state index in [-0.39, 0.29) is 5.56 Å². The summed E-state index contributed by atoms with van der Waals surface area (Å²) in [5.41, 5.74) is -9.61. The minimum absolute atomic E-state index is 0.0557. The Hall–Kier alpha value is -10.7. The van der Waals surface area contributed by atoms with Crippen molar-refractivity contribution in [1.82, 2.24) is 18.3 Å². The Bertz CT molecular complexity index is 7150. The highest BCUT2D eigenvalue weighted by Crippen LogP contribution is 2.41. The highest BCUT2D eigenvalue weighted by atomic mass is 28.3. The first-order valence-corrected chi connectivity index (χ1v) is 28.0. The van der Waals surface area contributed by atoms with Crippen molar-refractivity contribution in [2.75, 3.05) is 0 Å². The van der Waals surface area contributed by atoms with Gasteiger partial charge in [-0.1, -0.05) is 230 Å². The minimum Gasteiger partial charge on any atom is -0.309 e. The molecule has 0 spiro atoms. The number of aromatic nitrogens is 4. The molecule has 0 bridgehead atoms. The van der Waals surface area contributed by atoms with Crippen molar-refractivity contribution < 1.29 is 45.2 Å². The second kappa shape index (κ2) is 18.7. The van der Waals surface area contributed by atoms with Gasteiger partial charge in [0.2, 0.25) is 0 Å². The second-order valence-electron chi connectivity index (χ2n) is 19.5. The number of para-hydroxylation sites is 6. The van der Waals surface area contributed by atoms with E-state index in [4.69, 9.17) is 12.3 Å². The summed E-state index contributed by atoms with van der Waals surface area (Å²) in [7, 11) is -3.48. The van der Waals surface area contributed by atoms with Crippen LogP contribution in [0.2, 0.25) is 0 Å².